The summed E-state index contributed by atoms with van der Waals surface area (Å²) in [5.41, 5.74) is 1.15. The van der Waals surface area contributed by atoms with Crippen molar-refractivity contribution >= 4 is 24.3 Å². The first-order chi connectivity index (χ1) is 12.1. The third kappa shape index (κ3) is 4.30. The highest BCUT2D eigenvalue weighted by Gasteiger charge is 2.46. The Morgan fingerprint density at radius 3 is 2.54 bits per heavy atom. The van der Waals surface area contributed by atoms with Gasteiger partial charge in [-0.15, -0.1) is 12.4 Å². The summed E-state index contributed by atoms with van der Waals surface area (Å²) < 4.78 is 9.89. The van der Waals surface area contributed by atoms with E-state index in [0.717, 1.165) is 30.9 Å². The molecule has 0 saturated carbocycles. The number of nitrogens with one attached hydrogen (secondary N) is 1. The van der Waals surface area contributed by atoms with Crippen LogP contribution in [0.5, 0.6) is 5.75 Å². The summed E-state index contributed by atoms with van der Waals surface area (Å²) in [6, 6.07) is 8.10. The van der Waals surface area contributed by atoms with Crippen molar-refractivity contribution in [3.05, 3.63) is 29.8 Å². The second-order valence-corrected chi connectivity index (χ2v) is 6.78. The predicted molar refractivity (Wildman–Crippen MR) is 100 cm³/mol. The molecule has 0 radical (unpaired) electrons. The number of amides is 1. The molecule has 2 saturated heterocycles. The zero-order valence-electron chi connectivity index (χ0n) is 15.3. The summed E-state index contributed by atoms with van der Waals surface area (Å²) >= 11 is 0. The van der Waals surface area contributed by atoms with Gasteiger partial charge in [-0.05, 0) is 30.0 Å². The number of ether oxygens (including phenoxy) is 2. The smallest absolute Gasteiger partial charge is 0.305 e. The van der Waals surface area contributed by atoms with Crippen LogP contribution in [-0.2, 0) is 14.3 Å². The monoisotopic (exact) mass is 382 g/mol. The topological polar surface area (TPSA) is 67.9 Å². The van der Waals surface area contributed by atoms with E-state index in [1.807, 2.05) is 17.0 Å². The Morgan fingerprint density at radius 1 is 1.15 bits per heavy atom. The third-order valence-corrected chi connectivity index (χ3v) is 5.34. The minimum atomic E-state index is -0.262. The summed E-state index contributed by atoms with van der Waals surface area (Å²) in [5, 5.41) is 3.45. The van der Waals surface area contributed by atoms with Crippen molar-refractivity contribution in [1.82, 2.24) is 10.2 Å². The lowest BCUT2D eigenvalue weighted by atomic mass is 9.89. The van der Waals surface area contributed by atoms with E-state index in [4.69, 9.17) is 4.74 Å². The van der Waals surface area contributed by atoms with Crippen LogP contribution in [0, 0.1) is 11.8 Å². The van der Waals surface area contributed by atoms with E-state index in [0.29, 0.717) is 24.7 Å². The van der Waals surface area contributed by atoms with Crippen LogP contribution in [0.2, 0.25) is 0 Å². The second kappa shape index (κ2) is 9.24. The van der Waals surface area contributed by atoms with Crippen molar-refractivity contribution in [2.24, 2.45) is 11.8 Å². The second-order valence-electron chi connectivity index (χ2n) is 6.78. The minimum absolute atomic E-state index is 0. The molecule has 7 heteroatoms. The van der Waals surface area contributed by atoms with E-state index in [9.17, 15) is 9.59 Å². The number of methoxy groups -OCH3 is 2. The first-order valence-corrected chi connectivity index (χ1v) is 8.85. The molecule has 0 aliphatic carbocycles. The summed E-state index contributed by atoms with van der Waals surface area (Å²) in [6.07, 6.45) is 1.21. The molecule has 2 aliphatic heterocycles. The molecule has 6 nitrogen and oxygen atoms in total. The number of nitrogens with zero attached hydrogens (tertiary/aromatic N) is 1. The maximum absolute atomic E-state index is 12.8. The highest BCUT2D eigenvalue weighted by molar-refractivity contribution is 5.85. The summed E-state index contributed by atoms with van der Waals surface area (Å²) in [4.78, 5) is 26.0. The predicted octanol–water partition coefficient (Wildman–Crippen LogP) is 2.18. The summed E-state index contributed by atoms with van der Waals surface area (Å²) in [6.45, 7) is 2.68. The number of hydrogen-bond acceptors (Lipinski definition) is 5. The van der Waals surface area contributed by atoms with Gasteiger partial charge in [0.15, 0.2) is 0 Å². The van der Waals surface area contributed by atoms with E-state index >= 15 is 0 Å². The number of carbonyl (C=O) groups excluding carboxylic acids is 2. The average molecular weight is 383 g/mol. The van der Waals surface area contributed by atoms with Crippen LogP contribution in [0.4, 0.5) is 0 Å². The quantitative estimate of drug-likeness (QED) is 0.764. The standard InChI is InChI=1S/C19H26N2O4.ClH/c1-24-15-8-6-13(7-9-15)19-16-11-20-10-14(16)12-21(19)17(22)4-3-5-18(23)25-2;/h6-9,14,16,19-20H,3-5,10-12H2,1-2H3;1H/t14-,16-,19-;/m0./s1. The fourth-order valence-electron chi connectivity index (χ4n) is 4.03. The van der Waals surface area contributed by atoms with E-state index in [-0.39, 0.29) is 36.7 Å². The van der Waals surface area contributed by atoms with Crippen LogP contribution in [0.3, 0.4) is 0 Å². The molecule has 1 aromatic rings. The van der Waals surface area contributed by atoms with Crippen LogP contribution in [0.1, 0.15) is 30.9 Å². The fraction of sp³-hybridized carbons (Fsp3) is 0.579. The summed E-state index contributed by atoms with van der Waals surface area (Å²) in [5.74, 6) is 1.62. The molecule has 0 unspecified atom stereocenters. The SMILES string of the molecule is COC(=O)CCCC(=O)N1C[C@@H]2CNC[C@@H]2[C@@H]1c1ccc(OC)cc1.Cl. The molecule has 1 aromatic carbocycles. The maximum atomic E-state index is 12.8. The molecule has 2 fully saturated rings. The first kappa shape index (κ1) is 20.5. The van der Waals surface area contributed by atoms with Gasteiger partial charge in [0.05, 0.1) is 20.3 Å². The zero-order chi connectivity index (χ0) is 17.8. The molecule has 1 N–H and O–H groups in total. The highest BCUT2D eigenvalue weighted by atomic mass is 35.5. The van der Waals surface area contributed by atoms with Gasteiger partial charge in [0, 0.05) is 38.4 Å². The molecule has 0 bridgehead atoms. The number of benzene rings is 1. The van der Waals surface area contributed by atoms with Gasteiger partial charge in [0.2, 0.25) is 5.91 Å². The molecule has 3 rings (SSSR count). The van der Waals surface area contributed by atoms with Gasteiger partial charge >= 0.3 is 5.97 Å². The van der Waals surface area contributed by atoms with Crippen molar-refractivity contribution in [2.75, 3.05) is 33.9 Å². The largest absolute Gasteiger partial charge is 0.497 e. The fourth-order valence-corrected chi connectivity index (χ4v) is 4.03. The molecular formula is C19H27ClN2O4. The lowest BCUT2D eigenvalue weighted by Crippen LogP contribution is -2.34. The third-order valence-electron chi connectivity index (χ3n) is 5.34. The lowest BCUT2D eigenvalue weighted by molar-refractivity contribution is -0.141. The van der Waals surface area contributed by atoms with Crippen molar-refractivity contribution < 1.29 is 19.1 Å². The minimum Gasteiger partial charge on any atom is -0.497 e. The lowest BCUT2D eigenvalue weighted by Gasteiger charge is -2.28. The van der Waals surface area contributed by atoms with E-state index in [2.05, 4.69) is 22.2 Å². The Balaban J connectivity index is 0.00000243. The number of esters is 1. The van der Waals surface area contributed by atoms with Crippen LogP contribution in [0.25, 0.3) is 0 Å². The van der Waals surface area contributed by atoms with E-state index in [1.165, 1.54) is 7.11 Å². The average Bonchev–Trinajstić information content (AvgIpc) is 3.22. The Bertz CT molecular complexity index is 622. The molecule has 26 heavy (non-hydrogen) atoms. The normalized spacial score (nSPS) is 23.9. The van der Waals surface area contributed by atoms with Crippen molar-refractivity contribution in [3.63, 3.8) is 0 Å². The maximum Gasteiger partial charge on any atom is 0.305 e. The van der Waals surface area contributed by atoms with Gasteiger partial charge < -0.3 is 19.7 Å². The van der Waals surface area contributed by atoms with E-state index < -0.39 is 0 Å². The zero-order valence-corrected chi connectivity index (χ0v) is 16.1. The molecule has 0 spiro atoms. The van der Waals surface area contributed by atoms with Crippen LogP contribution < -0.4 is 10.1 Å². The van der Waals surface area contributed by atoms with Crippen LogP contribution in [-0.4, -0.2) is 50.6 Å². The van der Waals surface area contributed by atoms with Crippen LogP contribution in [0.15, 0.2) is 24.3 Å². The molecule has 2 aliphatic rings. The van der Waals surface area contributed by atoms with Gasteiger partial charge in [-0.2, -0.15) is 0 Å². The number of fused-ring (bicyclic) bond motifs is 1. The Hall–Kier alpha value is -1.79. The number of halogens is 1. The van der Waals surface area contributed by atoms with Crippen molar-refractivity contribution in [2.45, 2.75) is 25.3 Å². The van der Waals surface area contributed by atoms with Gasteiger partial charge in [-0.3, -0.25) is 9.59 Å². The highest BCUT2D eigenvalue weighted by Crippen LogP contribution is 2.43. The Kier molecular flexibility index (Phi) is 7.29. The van der Waals surface area contributed by atoms with Gasteiger partial charge in [0.25, 0.3) is 0 Å². The Labute approximate surface area is 160 Å². The van der Waals surface area contributed by atoms with Gasteiger partial charge in [0.1, 0.15) is 5.75 Å². The molecule has 1 amide bonds. The molecule has 3 atom stereocenters. The number of rotatable bonds is 6. The molecule has 0 aromatic heterocycles. The van der Waals surface area contributed by atoms with Crippen molar-refractivity contribution in [3.8, 4) is 5.75 Å². The van der Waals surface area contributed by atoms with E-state index in [1.54, 1.807) is 7.11 Å². The summed E-state index contributed by atoms with van der Waals surface area (Å²) in [7, 11) is 3.02. The molecule has 144 valence electrons. The van der Waals surface area contributed by atoms with Crippen molar-refractivity contribution in [1.29, 1.82) is 0 Å². The Morgan fingerprint density at radius 2 is 1.88 bits per heavy atom. The van der Waals surface area contributed by atoms with Crippen LogP contribution >= 0.6 is 12.4 Å². The number of hydrogen-bond donors (Lipinski definition) is 1. The van der Waals surface area contributed by atoms with Gasteiger partial charge in [-0.1, -0.05) is 12.1 Å². The number of carbonyl (C=O) groups is 2. The first-order valence-electron chi connectivity index (χ1n) is 8.85. The molecular weight excluding hydrogens is 356 g/mol. The van der Waals surface area contributed by atoms with Gasteiger partial charge in [-0.25, -0.2) is 0 Å². The molecule has 2 heterocycles. The number of likely N-dealkylation sites (tertiary alicyclic amines) is 1.